The summed E-state index contributed by atoms with van der Waals surface area (Å²) in [5, 5.41) is 8.69. The van der Waals surface area contributed by atoms with Crippen LogP contribution in [0.4, 0.5) is 0 Å². The number of rotatable bonds is 5. The zero-order valence-corrected chi connectivity index (χ0v) is 11.5. The van der Waals surface area contributed by atoms with Crippen molar-refractivity contribution in [3.8, 4) is 22.9 Å². The van der Waals surface area contributed by atoms with Crippen LogP contribution < -0.4 is 15.0 Å². The maximum Gasteiger partial charge on any atom is 0.308 e. The van der Waals surface area contributed by atoms with Gasteiger partial charge in [0, 0.05) is 17.3 Å². The first-order chi connectivity index (χ1) is 10.0. The lowest BCUT2D eigenvalue weighted by atomic mass is 10.1. The first-order valence-electron chi connectivity index (χ1n) is 6.07. The topological polar surface area (TPSA) is 102 Å². The molecule has 21 heavy (non-hydrogen) atoms. The quantitative estimate of drug-likeness (QED) is 0.854. The third-order valence-electron chi connectivity index (χ3n) is 2.87. The van der Waals surface area contributed by atoms with Crippen molar-refractivity contribution in [2.24, 2.45) is 0 Å². The second-order valence-corrected chi connectivity index (χ2v) is 4.23. The van der Waals surface area contributed by atoms with E-state index in [1.165, 1.54) is 20.4 Å². The van der Waals surface area contributed by atoms with E-state index < -0.39 is 11.5 Å². The highest BCUT2D eigenvalue weighted by Gasteiger charge is 2.10. The summed E-state index contributed by atoms with van der Waals surface area (Å²) < 4.78 is 10.3. The molecule has 0 fully saturated rings. The van der Waals surface area contributed by atoms with Crippen LogP contribution in [0, 0.1) is 0 Å². The molecule has 0 aliphatic carbocycles. The molecule has 1 heterocycles. The fourth-order valence-electron chi connectivity index (χ4n) is 1.84. The first-order valence-corrected chi connectivity index (χ1v) is 6.07. The van der Waals surface area contributed by atoms with Gasteiger partial charge in [0.1, 0.15) is 5.82 Å². The Balaban J connectivity index is 2.41. The largest absolute Gasteiger partial charge is 0.493 e. The number of nitrogens with one attached hydrogen (secondary N) is 1. The first kappa shape index (κ1) is 14.6. The minimum Gasteiger partial charge on any atom is -0.493 e. The average molecular weight is 290 g/mol. The normalized spacial score (nSPS) is 10.2. The minimum atomic E-state index is -1.08. The molecule has 110 valence electrons. The van der Waals surface area contributed by atoms with E-state index in [2.05, 4.69) is 9.97 Å². The number of hydrogen-bond acceptors (Lipinski definition) is 5. The van der Waals surface area contributed by atoms with Crippen LogP contribution in [-0.4, -0.2) is 35.3 Å². The predicted molar refractivity (Wildman–Crippen MR) is 74.7 cm³/mol. The molecule has 0 saturated carbocycles. The highest BCUT2D eigenvalue weighted by molar-refractivity contribution is 5.70. The van der Waals surface area contributed by atoms with E-state index in [0.717, 1.165) is 0 Å². The molecule has 2 N–H and O–H groups in total. The molecule has 0 spiro atoms. The smallest absolute Gasteiger partial charge is 0.308 e. The van der Waals surface area contributed by atoms with Crippen LogP contribution in [0.5, 0.6) is 11.5 Å². The third-order valence-corrected chi connectivity index (χ3v) is 2.87. The van der Waals surface area contributed by atoms with Crippen LogP contribution in [-0.2, 0) is 11.2 Å². The van der Waals surface area contributed by atoms with E-state index in [0.29, 0.717) is 22.9 Å². The lowest BCUT2D eigenvalue weighted by Gasteiger charge is -2.09. The zero-order valence-electron chi connectivity index (χ0n) is 11.5. The number of benzene rings is 1. The summed E-state index contributed by atoms with van der Waals surface area (Å²) in [5.74, 6) is 0.314. The maximum absolute atomic E-state index is 11.8. The van der Waals surface area contributed by atoms with Crippen LogP contribution in [0.25, 0.3) is 11.4 Å². The van der Waals surface area contributed by atoms with Gasteiger partial charge in [-0.2, -0.15) is 0 Å². The molecule has 0 aliphatic heterocycles. The van der Waals surface area contributed by atoms with Crippen molar-refractivity contribution in [2.45, 2.75) is 6.42 Å². The van der Waals surface area contributed by atoms with Crippen molar-refractivity contribution in [3.63, 3.8) is 0 Å². The Labute approximate surface area is 120 Å². The molecule has 0 bridgehead atoms. The van der Waals surface area contributed by atoms with Crippen molar-refractivity contribution < 1.29 is 19.4 Å². The lowest BCUT2D eigenvalue weighted by molar-refractivity contribution is -0.136. The van der Waals surface area contributed by atoms with Crippen LogP contribution in [0.2, 0.25) is 0 Å². The molecule has 7 heteroatoms. The lowest BCUT2D eigenvalue weighted by Crippen LogP contribution is -2.17. The van der Waals surface area contributed by atoms with Gasteiger partial charge in [0.2, 0.25) is 0 Å². The number of carboxylic acids is 1. The summed E-state index contributed by atoms with van der Waals surface area (Å²) in [6.45, 7) is 0. The third kappa shape index (κ3) is 3.19. The molecule has 0 atom stereocenters. The average Bonchev–Trinajstić information content (AvgIpc) is 2.48. The summed E-state index contributed by atoms with van der Waals surface area (Å²) >= 11 is 0. The van der Waals surface area contributed by atoms with Gasteiger partial charge in [-0.25, -0.2) is 4.98 Å². The number of hydrogen-bond donors (Lipinski definition) is 2. The van der Waals surface area contributed by atoms with E-state index in [-0.39, 0.29) is 12.0 Å². The number of ether oxygens (including phenoxy) is 2. The SMILES string of the molecule is COc1ccc(-c2ncc(CC(=O)O)c(=O)[nH]2)cc1OC. The molecular weight excluding hydrogens is 276 g/mol. The van der Waals surface area contributed by atoms with Gasteiger partial charge in [-0.05, 0) is 18.2 Å². The fraction of sp³-hybridized carbons (Fsp3) is 0.214. The molecule has 1 aromatic heterocycles. The second kappa shape index (κ2) is 6.08. The second-order valence-electron chi connectivity index (χ2n) is 4.23. The Hall–Kier alpha value is -2.83. The fourth-order valence-corrected chi connectivity index (χ4v) is 1.84. The maximum atomic E-state index is 11.8. The van der Waals surface area contributed by atoms with Gasteiger partial charge in [-0.1, -0.05) is 0 Å². The monoisotopic (exact) mass is 290 g/mol. The van der Waals surface area contributed by atoms with Gasteiger partial charge in [0.15, 0.2) is 11.5 Å². The number of aliphatic carboxylic acids is 1. The van der Waals surface area contributed by atoms with Crippen LogP contribution >= 0.6 is 0 Å². The van der Waals surface area contributed by atoms with E-state index in [1.807, 2.05) is 0 Å². The van der Waals surface area contributed by atoms with E-state index >= 15 is 0 Å². The van der Waals surface area contributed by atoms with E-state index in [1.54, 1.807) is 18.2 Å². The Bertz CT molecular complexity index is 724. The Morgan fingerprint density at radius 2 is 2.00 bits per heavy atom. The summed E-state index contributed by atoms with van der Waals surface area (Å²) in [4.78, 5) is 29.1. The molecule has 1 aromatic carbocycles. The number of methoxy groups -OCH3 is 2. The molecule has 0 saturated heterocycles. The van der Waals surface area contributed by atoms with Crippen LogP contribution in [0.15, 0.2) is 29.2 Å². The zero-order chi connectivity index (χ0) is 15.4. The van der Waals surface area contributed by atoms with Gasteiger partial charge in [-0.3, -0.25) is 9.59 Å². The Morgan fingerprint density at radius 3 is 2.57 bits per heavy atom. The minimum absolute atomic E-state index is 0.103. The summed E-state index contributed by atoms with van der Waals surface area (Å²) in [6, 6.07) is 5.09. The predicted octanol–water partition coefficient (Wildman–Crippen LogP) is 1.08. The number of aromatic amines is 1. The number of aromatic nitrogens is 2. The Morgan fingerprint density at radius 1 is 1.29 bits per heavy atom. The van der Waals surface area contributed by atoms with Crippen LogP contribution in [0.3, 0.4) is 0 Å². The van der Waals surface area contributed by atoms with Crippen molar-refractivity contribution in [2.75, 3.05) is 14.2 Å². The standard InChI is InChI=1S/C14H14N2O5/c1-20-10-4-3-8(5-11(10)21-2)13-15-7-9(6-12(17)18)14(19)16-13/h3-5,7H,6H2,1-2H3,(H,17,18)(H,15,16,19). The van der Waals surface area contributed by atoms with Gasteiger partial charge in [0.05, 0.1) is 20.6 Å². The molecular formula is C14H14N2O5. The Kier molecular flexibility index (Phi) is 4.22. The van der Waals surface area contributed by atoms with Crippen molar-refractivity contribution in [1.82, 2.24) is 9.97 Å². The number of H-pyrrole nitrogens is 1. The van der Waals surface area contributed by atoms with Gasteiger partial charge in [0.25, 0.3) is 5.56 Å². The van der Waals surface area contributed by atoms with Crippen LogP contribution in [0.1, 0.15) is 5.56 Å². The highest BCUT2D eigenvalue weighted by Crippen LogP contribution is 2.30. The molecule has 0 amide bonds. The van der Waals surface area contributed by atoms with Crippen molar-refractivity contribution >= 4 is 5.97 Å². The van der Waals surface area contributed by atoms with E-state index in [9.17, 15) is 9.59 Å². The molecule has 0 aliphatic rings. The molecule has 7 nitrogen and oxygen atoms in total. The summed E-state index contributed by atoms with van der Waals surface area (Å²) in [7, 11) is 3.03. The summed E-state index contributed by atoms with van der Waals surface area (Å²) in [6.07, 6.45) is 0.896. The number of nitrogens with zero attached hydrogens (tertiary/aromatic N) is 1. The van der Waals surface area contributed by atoms with Gasteiger partial charge >= 0.3 is 5.97 Å². The van der Waals surface area contributed by atoms with Crippen molar-refractivity contribution in [3.05, 3.63) is 40.3 Å². The molecule has 2 aromatic rings. The van der Waals surface area contributed by atoms with E-state index in [4.69, 9.17) is 14.6 Å². The van der Waals surface area contributed by atoms with Gasteiger partial charge in [-0.15, -0.1) is 0 Å². The number of carboxylic acid groups (broad SMARTS) is 1. The molecule has 0 radical (unpaired) electrons. The van der Waals surface area contributed by atoms with Gasteiger partial charge < -0.3 is 19.6 Å². The molecule has 2 rings (SSSR count). The number of carbonyl (C=O) groups is 1. The highest BCUT2D eigenvalue weighted by atomic mass is 16.5. The van der Waals surface area contributed by atoms with Crippen molar-refractivity contribution in [1.29, 1.82) is 0 Å². The molecule has 0 unspecified atom stereocenters. The summed E-state index contributed by atoms with van der Waals surface area (Å²) in [5.41, 5.74) is 0.260.